The Balaban J connectivity index is 1.96. The average Bonchev–Trinajstić information content (AvgIpc) is 3.30. The quantitative estimate of drug-likeness (QED) is 0.316. The number of furan rings is 1. The zero-order valence-electron chi connectivity index (χ0n) is 18.6. The van der Waals surface area contributed by atoms with E-state index in [-0.39, 0.29) is 5.76 Å². The highest BCUT2D eigenvalue weighted by atomic mass is 16.6. The zero-order chi connectivity index (χ0) is 22.4. The number of ether oxygens (including phenoxy) is 1. The number of amides is 2. The highest BCUT2D eigenvalue weighted by Crippen LogP contribution is 2.34. The van der Waals surface area contributed by atoms with E-state index in [9.17, 15) is 9.59 Å². The van der Waals surface area contributed by atoms with E-state index >= 15 is 0 Å². The van der Waals surface area contributed by atoms with Gasteiger partial charge in [-0.15, -0.1) is 0 Å². The summed E-state index contributed by atoms with van der Waals surface area (Å²) < 4.78 is 10.9. The lowest BCUT2D eigenvalue weighted by Crippen LogP contribution is -2.45. The van der Waals surface area contributed by atoms with Gasteiger partial charge in [0.15, 0.2) is 5.76 Å². The molecule has 1 unspecified atom stereocenters. The Bertz CT molecular complexity index is 761. The van der Waals surface area contributed by atoms with Gasteiger partial charge in [0.1, 0.15) is 0 Å². The van der Waals surface area contributed by atoms with Gasteiger partial charge in [0.2, 0.25) is 5.60 Å². The first-order valence-corrected chi connectivity index (χ1v) is 11.5. The van der Waals surface area contributed by atoms with Crippen molar-refractivity contribution in [3.8, 4) is 0 Å². The van der Waals surface area contributed by atoms with Gasteiger partial charge < -0.3 is 20.2 Å². The lowest BCUT2D eigenvalue weighted by molar-refractivity contribution is -0.138. The number of carbonyl (C=O) groups is 2. The normalized spacial score (nSPS) is 12.8. The van der Waals surface area contributed by atoms with Crippen molar-refractivity contribution in [2.45, 2.75) is 83.2 Å². The number of carbonyl (C=O) groups excluding carboxylic acids is 2. The Labute approximate surface area is 185 Å². The van der Waals surface area contributed by atoms with Crippen molar-refractivity contribution in [3.63, 3.8) is 0 Å². The summed E-state index contributed by atoms with van der Waals surface area (Å²) in [6, 6.07) is 12.4. The minimum Gasteiger partial charge on any atom is -0.464 e. The van der Waals surface area contributed by atoms with E-state index in [1.165, 1.54) is 51.2 Å². The van der Waals surface area contributed by atoms with Crippen LogP contribution in [-0.4, -0.2) is 12.0 Å². The van der Waals surface area contributed by atoms with Crippen LogP contribution in [0.25, 0.3) is 0 Å². The summed E-state index contributed by atoms with van der Waals surface area (Å²) in [7, 11) is 0. The lowest BCUT2D eigenvalue weighted by atomic mass is 9.91. The van der Waals surface area contributed by atoms with Crippen LogP contribution in [0.3, 0.4) is 0 Å². The van der Waals surface area contributed by atoms with Crippen molar-refractivity contribution in [2.75, 3.05) is 5.32 Å². The van der Waals surface area contributed by atoms with Crippen LogP contribution < -0.4 is 11.1 Å². The van der Waals surface area contributed by atoms with Gasteiger partial charge in [-0.05, 0) is 30.7 Å². The van der Waals surface area contributed by atoms with Gasteiger partial charge in [-0.2, -0.15) is 0 Å². The molecule has 3 N–H and O–H groups in total. The number of unbranched alkanes of at least 4 members (excludes halogenated alkanes) is 9. The molecule has 0 aliphatic carbocycles. The molecule has 0 saturated heterocycles. The predicted octanol–water partition coefficient (Wildman–Crippen LogP) is 6.52. The van der Waals surface area contributed by atoms with E-state index in [0.29, 0.717) is 18.5 Å². The monoisotopic (exact) mass is 428 g/mol. The van der Waals surface area contributed by atoms with Gasteiger partial charge in [-0.25, -0.2) is 4.79 Å². The highest BCUT2D eigenvalue weighted by molar-refractivity contribution is 5.98. The third-order valence-electron chi connectivity index (χ3n) is 5.47. The molecule has 6 heteroatoms. The summed E-state index contributed by atoms with van der Waals surface area (Å²) in [5.41, 5.74) is 4.37. The van der Waals surface area contributed by atoms with E-state index in [4.69, 9.17) is 14.9 Å². The van der Waals surface area contributed by atoms with Gasteiger partial charge in [0.25, 0.3) is 5.91 Å². The molecule has 6 nitrogen and oxygen atoms in total. The summed E-state index contributed by atoms with van der Waals surface area (Å²) in [6.07, 6.45) is 12.4. The van der Waals surface area contributed by atoms with Crippen LogP contribution >= 0.6 is 0 Å². The third kappa shape index (κ3) is 8.12. The van der Waals surface area contributed by atoms with Gasteiger partial charge in [-0.1, -0.05) is 82.9 Å². The van der Waals surface area contributed by atoms with Crippen molar-refractivity contribution in [3.05, 3.63) is 54.5 Å². The Morgan fingerprint density at radius 1 is 0.903 bits per heavy atom. The molecule has 2 amide bonds. The van der Waals surface area contributed by atoms with Crippen LogP contribution in [-0.2, 0) is 15.1 Å². The average molecular weight is 429 g/mol. The smallest absolute Gasteiger partial charge is 0.406 e. The minimum atomic E-state index is -1.59. The summed E-state index contributed by atoms with van der Waals surface area (Å²) >= 11 is 0. The molecule has 0 saturated carbocycles. The molecule has 1 aromatic carbocycles. The van der Waals surface area contributed by atoms with E-state index in [1.54, 1.807) is 24.3 Å². The van der Waals surface area contributed by atoms with Crippen LogP contribution in [0.15, 0.2) is 53.1 Å². The summed E-state index contributed by atoms with van der Waals surface area (Å²) in [6.45, 7) is 2.23. The Morgan fingerprint density at radius 3 is 2.06 bits per heavy atom. The number of benzene rings is 1. The fraction of sp³-hybridized carbons (Fsp3) is 0.520. The molecule has 0 fully saturated rings. The summed E-state index contributed by atoms with van der Waals surface area (Å²) in [5.74, 6) is -0.195. The van der Waals surface area contributed by atoms with Crippen LogP contribution in [0, 0.1) is 0 Å². The van der Waals surface area contributed by atoms with E-state index in [0.717, 1.165) is 12.8 Å². The maximum atomic E-state index is 13.3. The molecule has 0 aliphatic heterocycles. The van der Waals surface area contributed by atoms with Crippen LogP contribution in [0.2, 0.25) is 0 Å². The number of primary amides is 1. The minimum absolute atomic E-state index is 0.274. The SMILES string of the molecule is CCCCCCCCCCCCC(OC(N)=O)(C(=O)Nc1ccccc1)c1ccco1. The molecule has 1 atom stereocenters. The number of hydrogen-bond donors (Lipinski definition) is 2. The van der Waals surface area contributed by atoms with Gasteiger partial charge in [0.05, 0.1) is 6.26 Å². The van der Waals surface area contributed by atoms with Gasteiger partial charge in [-0.3, -0.25) is 4.79 Å². The fourth-order valence-corrected chi connectivity index (χ4v) is 3.79. The van der Waals surface area contributed by atoms with Crippen LogP contribution in [0.1, 0.15) is 83.3 Å². The maximum absolute atomic E-state index is 13.3. The van der Waals surface area contributed by atoms with Crippen LogP contribution in [0.5, 0.6) is 0 Å². The second-order valence-corrected chi connectivity index (χ2v) is 7.98. The van der Waals surface area contributed by atoms with Crippen molar-refractivity contribution in [1.82, 2.24) is 0 Å². The number of nitrogens with one attached hydrogen (secondary N) is 1. The molecule has 1 aromatic heterocycles. The second kappa shape index (κ2) is 13.5. The first-order chi connectivity index (χ1) is 15.1. The number of nitrogens with two attached hydrogens (primary N) is 1. The predicted molar refractivity (Wildman–Crippen MR) is 123 cm³/mol. The summed E-state index contributed by atoms with van der Waals surface area (Å²) in [5, 5.41) is 2.83. The largest absolute Gasteiger partial charge is 0.464 e. The molecule has 0 radical (unpaired) electrons. The molecule has 0 spiro atoms. The standard InChI is InChI=1S/C25H36N2O4/c1-2-3-4-5-6-7-8-9-10-14-19-25(31-24(26)29,22-18-15-20-30-22)23(28)27-21-16-12-11-13-17-21/h11-13,15-18,20H,2-10,14,19H2,1H3,(H2,26,29)(H,27,28). The topological polar surface area (TPSA) is 94.6 Å². The van der Waals surface area contributed by atoms with Crippen molar-refractivity contribution >= 4 is 17.7 Å². The Hall–Kier alpha value is -2.76. The number of rotatable bonds is 15. The molecule has 0 bridgehead atoms. The second-order valence-electron chi connectivity index (χ2n) is 7.98. The van der Waals surface area contributed by atoms with Gasteiger partial charge in [0, 0.05) is 12.1 Å². The van der Waals surface area contributed by atoms with Crippen molar-refractivity contribution < 1.29 is 18.7 Å². The summed E-state index contributed by atoms with van der Waals surface area (Å²) in [4.78, 5) is 25.0. The Morgan fingerprint density at radius 2 is 1.52 bits per heavy atom. The van der Waals surface area contributed by atoms with Gasteiger partial charge >= 0.3 is 6.09 Å². The number of hydrogen-bond acceptors (Lipinski definition) is 4. The zero-order valence-corrected chi connectivity index (χ0v) is 18.6. The Kier molecular flexibility index (Phi) is 10.7. The van der Waals surface area contributed by atoms with E-state index in [2.05, 4.69) is 12.2 Å². The molecule has 2 rings (SSSR count). The first kappa shape index (κ1) is 24.5. The number of anilines is 1. The lowest BCUT2D eigenvalue weighted by Gasteiger charge is -2.29. The molecule has 2 aromatic rings. The molecule has 31 heavy (non-hydrogen) atoms. The number of para-hydroxylation sites is 1. The van der Waals surface area contributed by atoms with Crippen molar-refractivity contribution in [2.24, 2.45) is 5.73 Å². The highest BCUT2D eigenvalue weighted by Gasteiger charge is 2.46. The third-order valence-corrected chi connectivity index (χ3v) is 5.47. The maximum Gasteiger partial charge on any atom is 0.406 e. The van der Waals surface area contributed by atoms with E-state index in [1.807, 2.05) is 18.2 Å². The first-order valence-electron chi connectivity index (χ1n) is 11.5. The molecular formula is C25H36N2O4. The molecular weight excluding hydrogens is 392 g/mol. The molecule has 0 aliphatic rings. The van der Waals surface area contributed by atoms with Crippen molar-refractivity contribution in [1.29, 1.82) is 0 Å². The molecule has 1 heterocycles. The van der Waals surface area contributed by atoms with Crippen LogP contribution in [0.4, 0.5) is 10.5 Å². The fourth-order valence-electron chi connectivity index (χ4n) is 3.79. The van der Waals surface area contributed by atoms with E-state index < -0.39 is 17.6 Å². The molecule has 170 valence electrons.